The first-order valence-electron chi connectivity index (χ1n) is 8.82. The molecule has 0 amide bonds. The molecule has 0 saturated heterocycles. The van der Waals surface area contributed by atoms with Crippen LogP contribution in [0.15, 0.2) is 22.9 Å². The second-order valence-corrected chi connectivity index (χ2v) is 7.75. The van der Waals surface area contributed by atoms with Crippen molar-refractivity contribution in [1.29, 1.82) is 0 Å². The first kappa shape index (κ1) is 19.4. The van der Waals surface area contributed by atoms with Crippen molar-refractivity contribution in [3.8, 4) is 0 Å². The number of pyridine rings is 1. The number of hydrogen-bond acceptors (Lipinski definition) is 8. The standard InChI is InChI=1S/C17H22BrN7O2/c18-12-5-11(7-21-9-12)8-22-17-23-14(15(25(26)27)16(20)24-17)6-10-1-3-13(19)4-2-10/h5,7,9-10,13H,1-4,6,8,19H2,(H3,20,22,23,24). The number of nitrogen functional groups attached to an aromatic ring is 1. The summed E-state index contributed by atoms with van der Waals surface area (Å²) in [5.41, 5.74) is 12.9. The Kier molecular flexibility index (Phi) is 6.17. The summed E-state index contributed by atoms with van der Waals surface area (Å²) in [4.78, 5) is 23.5. The SMILES string of the molecule is Nc1nc(NCc2cncc(Br)c2)nc(CC2CCC(N)CC2)c1[N+](=O)[O-]. The van der Waals surface area contributed by atoms with Crippen molar-refractivity contribution < 1.29 is 4.92 Å². The number of hydrogen-bond donors (Lipinski definition) is 3. The highest BCUT2D eigenvalue weighted by Gasteiger charge is 2.27. The van der Waals surface area contributed by atoms with Gasteiger partial charge in [-0.15, -0.1) is 0 Å². The first-order chi connectivity index (χ1) is 12.9. The van der Waals surface area contributed by atoms with Crippen molar-refractivity contribution in [2.45, 2.75) is 44.7 Å². The van der Waals surface area contributed by atoms with Crippen LogP contribution in [0.4, 0.5) is 17.5 Å². The van der Waals surface area contributed by atoms with Gasteiger partial charge in [0.05, 0.1) is 4.92 Å². The van der Waals surface area contributed by atoms with Crippen LogP contribution in [-0.2, 0) is 13.0 Å². The van der Waals surface area contributed by atoms with E-state index in [1.807, 2.05) is 6.07 Å². The lowest BCUT2D eigenvalue weighted by Crippen LogP contribution is -2.27. The fourth-order valence-corrected chi connectivity index (χ4v) is 3.75. The number of nitrogens with two attached hydrogens (primary N) is 2. The van der Waals surface area contributed by atoms with Crippen LogP contribution >= 0.6 is 15.9 Å². The maximum absolute atomic E-state index is 11.5. The van der Waals surface area contributed by atoms with E-state index in [4.69, 9.17) is 11.5 Å². The minimum Gasteiger partial charge on any atom is -0.378 e. The van der Waals surface area contributed by atoms with Gasteiger partial charge in [-0.3, -0.25) is 15.1 Å². The lowest BCUT2D eigenvalue weighted by atomic mass is 9.83. The number of nitrogens with zero attached hydrogens (tertiary/aromatic N) is 4. The van der Waals surface area contributed by atoms with E-state index < -0.39 is 4.92 Å². The Labute approximate surface area is 165 Å². The predicted molar refractivity (Wildman–Crippen MR) is 106 cm³/mol. The van der Waals surface area contributed by atoms with Gasteiger partial charge >= 0.3 is 5.69 Å². The molecule has 0 spiro atoms. The number of nitro groups is 1. The van der Waals surface area contributed by atoms with Crippen LogP contribution in [0.3, 0.4) is 0 Å². The summed E-state index contributed by atoms with van der Waals surface area (Å²) in [6.07, 6.45) is 7.66. The number of aromatic nitrogens is 3. The smallest absolute Gasteiger partial charge is 0.332 e. The second kappa shape index (κ2) is 8.57. The average Bonchev–Trinajstić information content (AvgIpc) is 2.61. The van der Waals surface area contributed by atoms with E-state index >= 15 is 0 Å². The van der Waals surface area contributed by atoms with Crippen LogP contribution in [0.1, 0.15) is 36.9 Å². The van der Waals surface area contributed by atoms with Gasteiger partial charge in [0.25, 0.3) is 0 Å². The van der Waals surface area contributed by atoms with Gasteiger partial charge in [0.1, 0.15) is 5.69 Å². The first-order valence-corrected chi connectivity index (χ1v) is 9.61. The second-order valence-electron chi connectivity index (χ2n) is 6.83. The fraction of sp³-hybridized carbons (Fsp3) is 0.471. The van der Waals surface area contributed by atoms with Crippen LogP contribution < -0.4 is 16.8 Å². The van der Waals surface area contributed by atoms with E-state index in [1.165, 1.54) is 0 Å². The van der Waals surface area contributed by atoms with Crippen LogP contribution in [0.25, 0.3) is 0 Å². The third-order valence-corrected chi connectivity index (χ3v) is 5.18. The van der Waals surface area contributed by atoms with E-state index in [0.717, 1.165) is 35.7 Å². The zero-order valence-electron chi connectivity index (χ0n) is 14.8. The van der Waals surface area contributed by atoms with Crippen LogP contribution in [0, 0.1) is 16.0 Å². The molecule has 1 fully saturated rings. The lowest BCUT2D eigenvalue weighted by molar-refractivity contribution is -0.385. The number of rotatable bonds is 6. The Morgan fingerprint density at radius 3 is 2.67 bits per heavy atom. The van der Waals surface area contributed by atoms with E-state index in [1.54, 1.807) is 12.4 Å². The van der Waals surface area contributed by atoms with Crippen LogP contribution in [0.2, 0.25) is 0 Å². The molecule has 27 heavy (non-hydrogen) atoms. The van der Waals surface area contributed by atoms with Gasteiger partial charge in [-0.2, -0.15) is 4.98 Å². The molecule has 0 atom stereocenters. The molecule has 3 rings (SSSR count). The topological polar surface area (TPSA) is 146 Å². The fourth-order valence-electron chi connectivity index (χ4n) is 3.34. The Bertz CT molecular complexity index is 825. The summed E-state index contributed by atoms with van der Waals surface area (Å²) in [6, 6.07) is 2.14. The van der Waals surface area contributed by atoms with Crippen molar-refractivity contribution in [3.63, 3.8) is 0 Å². The van der Waals surface area contributed by atoms with Crippen molar-refractivity contribution in [2.24, 2.45) is 11.7 Å². The monoisotopic (exact) mass is 435 g/mol. The zero-order valence-corrected chi connectivity index (χ0v) is 16.4. The minimum absolute atomic E-state index is 0.118. The van der Waals surface area contributed by atoms with E-state index in [2.05, 4.69) is 36.2 Å². The van der Waals surface area contributed by atoms with Crippen LogP contribution in [-0.4, -0.2) is 25.9 Å². The summed E-state index contributed by atoms with van der Waals surface area (Å²) < 4.78 is 0.863. The Morgan fingerprint density at radius 2 is 2.00 bits per heavy atom. The highest BCUT2D eigenvalue weighted by molar-refractivity contribution is 9.10. The molecule has 5 N–H and O–H groups in total. The van der Waals surface area contributed by atoms with Crippen molar-refractivity contribution in [2.75, 3.05) is 11.1 Å². The summed E-state index contributed by atoms with van der Waals surface area (Å²) in [5, 5.41) is 14.5. The zero-order chi connectivity index (χ0) is 19.4. The molecular formula is C17H22BrN7O2. The Hall–Kier alpha value is -2.33. The summed E-state index contributed by atoms with van der Waals surface area (Å²) >= 11 is 3.37. The summed E-state index contributed by atoms with van der Waals surface area (Å²) in [5.74, 6) is 0.480. The van der Waals surface area contributed by atoms with Gasteiger partial charge in [-0.05, 0) is 65.6 Å². The van der Waals surface area contributed by atoms with Crippen molar-refractivity contribution in [1.82, 2.24) is 15.0 Å². The maximum Gasteiger partial charge on any atom is 0.332 e. The molecule has 0 radical (unpaired) electrons. The van der Waals surface area contributed by atoms with Crippen LogP contribution in [0.5, 0.6) is 0 Å². The van der Waals surface area contributed by atoms with Gasteiger partial charge in [0, 0.05) is 29.5 Å². The Balaban J connectivity index is 1.79. The third kappa shape index (κ3) is 5.10. The molecule has 1 saturated carbocycles. The predicted octanol–water partition coefficient (Wildman–Crippen LogP) is 2.80. The molecule has 0 aliphatic heterocycles. The largest absolute Gasteiger partial charge is 0.378 e. The summed E-state index contributed by atoms with van der Waals surface area (Å²) in [7, 11) is 0. The number of anilines is 2. The van der Waals surface area contributed by atoms with Gasteiger partial charge in [-0.25, -0.2) is 4.98 Å². The molecule has 10 heteroatoms. The molecule has 1 aliphatic rings. The molecule has 0 aromatic carbocycles. The molecule has 9 nitrogen and oxygen atoms in total. The van der Waals surface area contributed by atoms with E-state index in [0.29, 0.717) is 24.6 Å². The molecule has 2 heterocycles. The van der Waals surface area contributed by atoms with Crippen molar-refractivity contribution in [3.05, 3.63) is 44.3 Å². The number of nitrogens with one attached hydrogen (secondary N) is 1. The Morgan fingerprint density at radius 1 is 1.26 bits per heavy atom. The molecular weight excluding hydrogens is 414 g/mol. The quantitative estimate of drug-likeness (QED) is 0.463. The molecule has 144 valence electrons. The van der Waals surface area contributed by atoms with E-state index in [9.17, 15) is 10.1 Å². The van der Waals surface area contributed by atoms with Gasteiger partial charge < -0.3 is 16.8 Å². The molecule has 0 bridgehead atoms. The van der Waals surface area contributed by atoms with Crippen molar-refractivity contribution >= 4 is 33.4 Å². The molecule has 1 aliphatic carbocycles. The lowest BCUT2D eigenvalue weighted by Gasteiger charge is -2.25. The molecule has 2 aromatic rings. The van der Waals surface area contributed by atoms with E-state index in [-0.39, 0.29) is 23.5 Å². The number of halogens is 1. The maximum atomic E-state index is 11.5. The third-order valence-electron chi connectivity index (χ3n) is 4.75. The van der Waals surface area contributed by atoms with Gasteiger partial charge in [-0.1, -0.05) is 0 Å². The summed E-state index contributed by atoms with van der Waals surface area (Å²) in [6.45, 7) is 0.432. The average molecular weight is 436 g/mol. The minimum atomic E-state index is -0.499. The van der Waals surface area contributed by atoms with Gasteiger partial charge in [0.15, 0.2) is 0 Å². The normalized spacial score (nSPS) is 19.6. The highest BCUT2D eigenvalue weighted by atomic mass is 79.9. The molecule has 0 unspecified atom stereocenters. The highest BCUT2D eigenvalue weighted by Crippen LogP contribution is 2.31. The van der Waals surface area contributed by atoms with Gasteiger partial charge in [0.2, 0.25) is 11.8 Å². The molecule has 2 aromatic heterocycles.